The molecule has 126 valence electrons. The zero-order chi connectivity index (χ0) is 16.4. The van der Waals surface area contributed by atoms with Gasteiger partial charge in [-0.05, 0) is 43.4 Å². The molecule has 1 aromatic heterocycles. The van der Waals surface area contributed by atoms with E-state index < -0.39 is 10.0 Å². The highest BCUT2D eigenvalue weighted by Gasteiger charge is 2.37. The lowest BCUT2D eigenvalue weighted by molar-refractivity contribution is -0.137. The average Bonchev–Trinajstić information content (AvgIpc) is 3.04. The summed E-state index contributed by atoms with van der Waals surface area (Å²) in [6.45, 7) is 1.59. The lowest BCUT2D eigenvalue weighted by Gasteiger charge is -2.34. The summed E-state index contributed by atoms with van der Waals surface area (Å²) in [5.74, 6) is -0.126. The van der Waals surface area contributed by atoms with E-state index in [0.717, 1.165) is 37.8 Å². The molecule has 6 nitrogen and oxygen atoms in total. The van der Waals surface area contributed by atoms with Crippen LogP contribution in [0.5, 0.6) is 0 Å². The van der Waals surface area contributed by atoms with Crippen molar-refractivity contribution in [2.75, 3.05) is 25.9 Å². The maximum Gasteiger partial charge on any atom is 0.227 e. The number of pyridine rings is 1. The summed E-state index contributed by atoms with van der Waals surface area (Å²) in [4.78, 5) is 18.9. The number of aromatic nitrogens is 1. The van der Waals surface area contributed by atoms with Crippen molar-refractivity contribution in [3.05, 3.63) is 30.1 Å². The first-order valence-electron chi connectivity index (χ1n) is 8.12. The zero-order valence-corrected chi connectivity index (χ0v) is 14.2. The highest BCUT2D eigenvalue weighted by atomic mass is 32.2. The Labute approximate surface area is 137 Å². The van der Waals surface area contributed by atoms with Crippen LogP contribution < -0.4 is 0 Å². The maximum absolute atomic E-state index is 12.9. The van der Waals surface area contributed by atoms with E-state index in [1.165, 1.54) is 10.6 Å². The number of nitrogens with zero attached hydrogens (tertiary/aromatic N) is 3. The van der Waals surface area contributed by atoms with Crippen LogP contribution in [0.1, 0.15) is 37.3 Å². The molecule has 2 atom stereocenters. The first-order valence-corrected chi connectivity index (χ1v) is 9.97. The summed E-state index contributed by atoms with van der Waals surface area (Å²) in [6, 6.07) is 4.01. The third-order valence-corrected chi connectivity index (χ3v) is 6.10. The molecule has 3 rings (SSSR count). The van der Waals surface area contributed by atoms with E-state index in [1.807, 2.05) is 17.0 Å². The molecule has 7 heteroatoms. The van der Waals surface area contributed by atoms with Crippen LogP contribution in [-0.2, 0) is 14.8 Å². The summed E-state index contributed by atoms with van der Waals surface area (Å²) in [5.41, 5.74) is 1.11. The summed E-state index contributed by atoms with van der Waals surface area (Å²) >= 11 is 0. The molecule has 2 aliphatic heterocycles. The van der Waals surface area contributed by atoms with Gasteiger partial charge in [0.1, 0.15) is 0 Å². The molecule has 1 aromatic rings. The molecule has 0 aromatic carbocycles. The van der Waals surface area contributed by atoms with E-state index in [9.17, 15) is 13.2 Å². The quantitative estimate of drug-likeness (QED) is 0.836. The Hall–Kier alpha value is -1.47. The topological polar surface area (TPSA) is 70.6 Å². The molecule has 0 aliphatic carbocycles. The lowest BCUT2D eigenvalue weighted by Crippen LogP contribution is -2.46. The van der Waals surface area contributed by atoms with Crippen molar-refractivity contribution in [3.63, 3.8) is 0 Å². The van der Waals surface area contributed by atoms with E-state index in [2.05, 4.69) is 4.98 Å². The molecule has 0 unspecified atom stereocenters. The van der Waals surface area contributed by atoms with Gasteiger partial charge in [-0.2, -0.15) is 0 Å². The number of piperidine rings is 1. The third kappa shape index (κ3) is 3.55. The molecule has 2 aliphatic rings. The van der Waals surface area contributed by atoms with Gasteiger partial charge in [-0.1, -0.05) is 0 Å². The van der Waals surface area contributed by atoms with Crippen LogP contribution in [0.25, 0.3) is 0 Å². The van der Waals surface area contributed by atoms with Crippen molar-refractivity contribution in [2.45, 2.75) is 31.7 Å². The van der Waals surface area contributed by atoms with Crippen molar-refractivity contribution in [3.8, 4) is 0 Å². The fraction of sp³-hybridized carbons (Fsp3) is 0.625. The summed E-state index contributed by atoms with van der Waals surface area (Å²) < 4.78 is 25.0. The average molecular weight is 337 g/mol. The van der Waals surface area contributed by atoms with Gasteiger partial charge in [0.25, 0.3) is 0 Å². The predicted octanol–water partition coefficient (Wildman–Crippen LogP) is 1.42. The molecule has 0 radical (unpaired) electrons. The van der Waals surface area contributed by atoms with Gasteiger partial charge in [0.05, 0.1) is 18.2 Å². The number of carbonyl (C=O) groups is 1. The summed E-state index contributed by atoms with van der Waals surface area (Å²) in [5, 5.41) is 0. The number of carbonyl (C=O) groups excluding carboxylic acids is 1. The van der Waals surface area contributed by atoms with Crippen LogP contribution in [0.4, 0.5) is 0 Å². The Kier molecular flexibility index (Phi) is 4.68. The van der Waals surface area contributed by atoms with Crippen molar-refractivity contribution < 1.29 is 13.2 Å². The van der Waals surface area contributed by atoms with Gasteiger partial charge in [0.15, 0.2) is 0 Å². The molecule has 2 fully saturated rings. The van der Waals surface area contributed by atoms with Gasteiger partial charge in [-0.15, -0.1) is 0 Å². The summed E-state index contributed by atoms with van der Waals surface area (Å²) in [6.07, 6.45) is 8.18. The number of sulfonamides is 1. The molecule has 23 heavy (non-hydrogen) atoms. The fourth-order valence-electron chi connectivity index (χ4n) is 3.64. The largest absolute Gasteiger partial charge is 0.335 e. The Morgan fingerprint density at radius 2 is 1.87 bits per heavy atom. The fourth-order valence-corrected chi connectivity index (χ4v) is 4.55. The molecule has 1 amide bonds. The van der Waals surface area contributed by atoms with E-state index >= 15 is 0 Å². The first kappa shape index (κ1) is 16.4. The van der Waals surface area contributed by atoms with Crippen LogP contribution in [0.15, 0.2) is 24.5 Å². The van der Waals surface area contributed by atoms with Crippen molar-refractivity contribution in [1.82, 2.24) is 14.2 Å². The molecule has 0 N–H and O–H groups in total. The lowest BCUT2D eigenvalue weighted by atomic mass is 9.97. The Morgan fingerprint density at radius 3 is 2.57 bits per heavy atom. The normalized spacial score (nSPS) is 26.4. The monoisotopic (exact) mass is 337 g/mol. The molecule has 0 bridgehead atoms. The number of rotatable bonds is 3. The number of amides is 1. The highest BCUT2D eigenvalue weighted by Crippen LogP contribution is 2.34. The molecule has 0 spiro atoms. The van der Waals surface area contributed by atoms with Crippen LogP contribution in [-0.4, -0.2) is 54.4 Å². The molecule has 3 heterocycles. The SMILES string of the molecule is CS(=O)(=O)N1CCC[C@H](C(=O)N2CCC[C@H]2c2ccncc2)C1. The van der Waals surface area contributed by atoms with Crippen LogP contribution >= 0.6 is 0 Å². The number of likely N-dealkylation sites (tertiary alicyclic amines) is 1. The molecular weight excluding hydrogens is 314 g/mol. The minimum atomic E-state index is -3.23. The predicted molar refractivity (Wildman–Crippen MR) is 87.1 cm³/mol. The Balaban J connectivity index is 1.74. The molecular formula is C16H23N3O3S. The highest BCUT2D eigenvalue weighted by molar-refractivity contribution is 7.88. The zero-order valence-electron chi connectivity index (χ0n) is 13.4. The summed E-state index contributed by atoms with van der Waals surface area (Å²) in [7, 11) is -3.23. The van der Waals surface area contributed by atoms with Crippen molar-refractivity contribution in [2.24, 2.45) is 5.92 Å². The molecule has 0 saturated carbocycles. The number of hydrogen-bond acceptors (Lipinski definition) is 4. The van der Waals surface area contributed by atoms with Crippen molar-refractivity contribution in [1.29, 1.82) is 0 Å². The minimum absolute atomic E-state index is 0.0951. The van der Waals surface area contributed by atoms with Crippen LogP contribution in [0.3, 0.4) is 0 Å². The maximum atomic E-state index is 12.9. The third-order valence-electron chi connectivity index (χ3n) is 4.83. The minimum Gasteiger partial charge on any atom is -0.335 e. The van der Waals surface area contributed by atoms with E-state index in [0.29, 0.717) is 13.1 Å². The van der Waals surface area contributed by atoms with Gasteiger partial charge >= 0.3 is 0 Å². The second kappa shape index (κ2) is 6.57. The standard InChI is InChI=1S/C16H23N3O3S/c1-23(21,22)18-10-2-4-14(12-18)16(20)19-11-3-5-15(19)13-6-8-17-9-7-13/h6-9,14-15H,2-5,10-12H2,1H3/t14-,15-/m0/s1. The second-order valence-electron chi connectivity index (χ2n) is 6.43. The first-order chi connectivity index (χ1) is 11.0. The van der Waals surface area contributed by atoms with E-state index in [-0.39, 0.29) is 17.9 Å². The Morgan fingerprint density at radius 1 is 1.17 bits per heavy atom. The van der Waals surface area contributed by atoms with Crippen molar-refractivity contribution >= 4 is 15.9 Å². The van der Waals surface area contributed by atoms with Gasteiger partial charge in [0, 0.05) is 32.0 Å². The second-order valence-corrected chi connectivity index (χ2v) is 8.41. The smallest absolute Gasteiger partial charge is 0.227 e. The van der Waals surface area contributed by atoms with Crippen LogP contribution in [0, 0.1) is 5.92 Å². The van der Waals surface area contributed by atoms with Crippen LogP contribution in [0.2, 0.25) is 0 Å². The van der Waals surface area contributed by atoms with E-state index in [1.54, 1.807) is 12.4 Å². The van der Waals surface area contributed by atoms with Gasteiger partial charge in [0.2, 0.25) is 15.9 Å². The van der Waals surface area contributed by atoms with E-state index in [4.69, 9.17) is 0 Å². The number of hydrogen-bond donors (Lipinski definition) is 0. The van der Waals surface area contributed by atoms with Gasteiger partial charge in [-0.25, -0.2) is 12.7 Å². The van der Waals surface area contributed by atoms with Gasteiger partial charge < -0.3 is 4.90 Å². The van der Waals surface area contributed by atoms with Gasteiger partial charge in [-0.3, -0.25) is 9.78 Å². The Bertz CT molecular complexity index is 662. The molecule has 2 saturated heterocycles.